The molecule has 140 valence electrons. The molecular weight excluding hydrogens is 357 g/mol. The number of hydrogen-bond acceptors (Lipinski definition) is 5. The molecule has 4 rings (SSSR count). The molecule has 8 heteroatoms. The van der Waals surface area contributed by atoms with Crippen molar-refractivity contribution in [3.63, 3.8) is 0 Å². The molecule has 1 aliphatic carbocycles. The van der Waals surface area contributed by atoms with Gasteiger partial charge in [0, 0.05) is 25.4 Å². The highest BCUT2D eigenvalue weighted by molar-refractivity contribution is 7.89. The molecule has 2 fully saturated rings. The lowest BCUT2D eigenvalue weighted by molar-refractivity contribution is 0.246. The van der Waals surface area contributed by atoms with Gasteiger partial charge in [-0.25, -0.2) is 12.8 Å². The van der Waals surface area contributed by atoms with Crippen LogP contribution in [0.1, 0.15) is 48.9 Å². The van der Waals surface area contributed by atoms with Gasteiger partial charge in [0.15, 0.2) is 5.82 Å². The van der Waals surface area contributed by atoms with Gasteiger partial charge in [0.1, 0.15) is 5.82 Å². The van der Waals surface area contributed by atoms with E-state index in [0.29, 0.717) is 36.9 Å². The molecule has 2 heterocycles. The maximum absolute atomic E-state index is 13.3. The summed E-state index contributed by atoms with van der Waals surface area (Å²) < 4.78 is 46.1. The minimum Gasteiger partial charge on any atom is -0.339 e. The van der Waals surface area contributed by atoms with Crippen LogP contribution in [0.15, 0.2) is 27.6 Å². The smallest absolute Gasteiger partial charge is 0.243 e. The second-order valence-corrected chi connectivity index (χ2v) is 9.21. The maximum Gasteiger partial charge on any atom is 0.243 e. The molecule has 0 spiro atoms. The Morgan fingerprint density at radius 1 is 1.31 bits per heavy atom. The Bertz CT molecular complexity index is 908. The van der Waals surface area contributed by atoms with E-state index in [4.69, 9.17) is 4.52 Å². The van der Waals surface area contributed by atoms with E-state index in [0.717, 1.165) is 31.5 Å². The number of sulfonamides is 1. The zero-order chi connectivity index (χ0) is 18.3. The SMILES string of the molecule is Cc1cc(F)ccc1S(=O)(=O)N1CCC[C@@H](Cc2nc(C3CC3)no2)C1. The number of hydrogen-bond donors (Lipinski definition) is 0. The van der Waals surface area contributed by atoms with E-state index < -0.39 is 15.8 Å². The molecule has 1 saturated heterocycles. The molecule has 1 aliphatic heterocycles. The van der Waals surface area contributed by atoms with Gasteiger partial charge in [-0.05, 0) is 62.3 Å². The first kappa shape index (κ1) is 17.6. The fraction of sp³-hybridized carbons (Fsp3) is 0.556. The maximum atomic E-state index is 13.3. The number of halogens is 1. The highest BCUT2D eigenvalue weighted by atomic mass is 32.2. The van der Waals surface area contributed by atoms with Crippen LogP contribution < -0.4 is 0 Å². The predicted octanol–water partition coefficient (Wildman–Crippen LogP) is 3.04. The number of aromatic nitrogens is 2. The third-order valence-electron chi connectivity index (χ3n) is 5.13. The van der Waals surface area contributed by atoms with Crippen LogP contribution in [-0.4, -0.2) is 36.0 Å². The van der Waals surface area contributed by atoms with E-state index in [-0.39, 0.29) is 10.8 Å². The topological polar surface area (TPSA) is 76.3 Å². The zero-order valence-electron chi connectivity index (χ0n) is 14.7. The predicted molar refractivity (Wildman–Crippen MR) is 92.6 cm³/mol. The summed E-state index contributed by atoms with van der Waals surface area (Å²) in [5.74, 6) is 1.53. The first-order valence-electron chi connectivity index (χ1n) is 9.02. The second-order valence-electron chi connectivity index (χ2n) is 7.31. The fourth-order valence-corrected chi connectivity index (χ4v) is 5.32. The summed E-state index contributed by atoms with van der Waals surface area (Å²) in [5.41, 5.74) is 0.429. The first-order chi connectivity index (χ1) is 12.4. The largest absolute Gasteiger partial charge is 0.339 e. The fourth-order valence-electron chi connectivity index (χ4n) is 3.56. The first-order valence-corrected chi connectivity index (χ1v) is 10.5. The van der Waals surface area contributed by atoms with E-state index >= 15 is 0 Å². The number of nitrogens with zero attached hydrogens (tertiary/aromatic N) is 3. The highest BCUT2D eigenvalue weighted by Crippen LogP contribution is 2.38. The van der Waals surface area contributed by atoms with Crippen LogP contribution in [0.3, 0.4) is 0 Å². The molecule has 0 amide bonds. The minimum absolute atomic E-state index is 0.145. The summed E-state index contributed by atoms with van der Waals surface area (Å²) >= 11 is 0. The third kappa shape index (κ3) is 3.53. The van der Waals surface area contributed by atoms with E-state index in [1.165, 1.54) is 22.5 Å². The van der Waals surface area contributed by atoms with Gasteiger partial charge in [-0.2, -0.15) is 9.29 Å². The monoisotopic (exact) mass is 379 g/mol. The van der Waals surface area contributed by atoms with Crippen LogP contribution in [0.2, 0.25) is 0 Å². The van der Waals surface area contributed by atoms with Crippen molar-refractivity contribution in [2.75, 3.05) is 13.1 Å². The average molecular weight is 379 g/mol. The molecule has 2 aromatic rings. The van der Waals surface area contributed by atoms with Crippen LogP contribution >= 0.6 is 0 Å². The van der Waals surface area contributed by atoms with Crippen LogP contribution in [-0.2, 0) is 16.4 Å². The minimum atomic E-state index is -3.63. The molecule has 6 nitrogen and oxygen atoms in total. The van der Waals surface area contributed by atoms with Gasteiger partial charge in [0.05, 0.1) is 4.90 Å². The molecule has 1 atom stereocenters. The summed E-state index contributed by atoms with van der Waals surface area (Å²) in [4.78, 5) is 4.62. The molecule has 1 aromatic heterocycles. The Balaban J connectivity index is 1.48. The van der Waals surface area contributed by atoms with Gasteiger partial charge < -0.3 is 4.52 Å². The van der Waals surface area contributed by atoms with Crippen molar-refractivity contribution in [2.24, 2.45) is 5.92 Å². The lowest BCUT2D eigenvalue weighted by atomic mass is 9.96. The Hall–Kier alpha value is -1.80. The van der Waals surface area contributed by atoms with E-state index in [1.807, 2.05) is 0 Å². The van der Waals surface area contributed by atoms with Crippen molar-refractivity contribution < 1.29 is 17.3 Å². The standard InChI is InChI=1S/C18H22FN3O3S/c1-12-9-15(19)6-7-16(12)26(23,24)22-8-2-3-13(11-22)10-17-20-18(21-25-17)14-4-5-14/h6-7,9,13-14H,2-5,8,10-11H2,1H3/t13-/m0/s1. The molecule has 0 radical (unpaired) electrons. The van der Waals surface area contributed by atoms with Crippen molar-refractivity contribution >= 4 is 10.0 Å². The van der Waals surface area contributed by atoms with Crippen LogP contribution in [0.25, 0.3) is 0 Å². The molecule has 2 aliphatic rings. The number of benzene rings is 1. The normalized spacial score (nSPS) is 21.8. The summed E-state index contributed by atoms with van der Waals surface area (Å²) in [6.07, 6.45) is 4.54. The molecule has 0 bridgehead atoms. The Kier molecular flexibility index (Phi) is 4.56. The van der Waals surface area contributed by atoms with E-state index in [1.54, 1.807) is 6.92 Å². The molecular formula is C18H22FN3O3S. The Labute approximate surface area is 152 Å². The summed E-state index contributed by atoms with van der Waals surface area (Å²) in [5, 5.41) is 4.03. The van der Waals surface area contributed by atoms with E-state index in [9.17, 15) is 12.8 Å². The molecule has 0 N–H and O–H groups in total. The van der Waals surface area contributed by atoms with Crippen molar-refractivity contribution in [3.8, 4) is 0 Å². The van der Waals surface area contributed by atoms with Crippen LogP contribution in [0, 0.1) is 18.7 Å². The van der Waals surface area contributed by atoms with Crippen molar-refractivity contribution in [2.45, 2.75) is 49.8 Å². The summed E-state index contributed by atoms with van der Waals surface area (Å²) in [6, 6.07) is 3.80. The van der Waals surface area contributed by atoms with Crippen molar-refractivity contribution in [1.82, 2.24) is 14.4 Å². The lowest BCUT2D eigenvalue weighted by Gasteiger charge is -2.31. The van der Waals surface area contributed by atoms with Gasteiger partial charge in [-0.1, -0.05) is 5.16 Å². The van der Waals surface area contributed by atoms with Gasteiger partial charge in [0.2, 0.25) is 15.9 Å². The van der Waals surface area contributed by atoms with Crippen LogP contribution in [0.4, 0.5) is 4.39 Å². The number of aryl methyl sites for hydroxylation is 1. The summed E-state index contributed by atoms with van der Waals surface area (Å²) in [7, 11) is -3.63. The van der Waals surface area contributed by atoms with Gasteiger partial charge in [-0.15, -0.1) is 0 Å². The van der Waals surface area contributed by atoms with Crippen molar-refractivity contribution in [3.05, 3.63) is 41.3 Å². The van der Waals surface area contributed by atoms with Gasteiger partial charge >= 0.3 is 0 Å². The van der Waals surface area contributed by atoms with Gasteiger partial charge in [-0.3, -0.25) is 0 Å². The highest BCUT2D eigenvalue weighted by Gasteiger charge is 2.33. The Morgan fingerprint density at radius 3 is 2.85 bits per heavy atom. The lowest BCUT2D eigenvalue weighted by Crippen LogP contribution is -2.40. The van der Waals surface area contributed by atoms with Crippen LogP contribution in [0.5, 0.6) is 0 Å². The van der Waals surface area contributed by atoms with E-state index in [2.05, 4.69) is 10.1 Å². The quantitative estimate of drug-likeness (QED) is 0.798. The third-order valence-corrected chi connectivity index (χ3v) is 7.15. The number of rotatable bonds is 5. The molecule has 1 saturated carbocycles. The molecule has 1 aromatic carbocycles. The van der Waals surface area contributed by atoms with Crippen molar-refractivity contribution in [1.29, 1.82) is 0 Å². The average Bonchev–Trinajstić information content (AvgIpc) is 3.35. The molecule has 26 heavy (non-hydrogen) atoms. The molecule has 0 unspecified atom stereocenters. The van der Waals surface area contributed by atoms with Gasteiger partial charge in [0.25, 0.3) is 0 Å². The number of piperidine rings is 1. The second kappa shape index (κ2) is 6.74. The Morgan fingerprint density at radius 2 is 2.12 bits per heavy atom. The summed E-state index contributed by atoms with van der Waals surface area (Å²) in [6.45, 7) is 2.52. The zero-order valence-corrected chi connectivity index (χ0v) is 15.5.